The molecule has 1 fully saturated rings. The Balaban J connectivity index is 2.13. The monoisotopic (exact) mass is 332 g/mol. The predicted molar refractivity (Wildman–Crippen MR) is 74.4 cm³/mol. The maximum absolute atomic E-state index is 12.1. The molecule has 1 aliphatic carbocycles. The summed E-state index contributed by atoms with van der Waals surface area (Å²) in [6.07, 6.45) is 3.66. The third-order valence-corrected chi connectivity index (χ3v) is 5.58. The van der Waals surface area contributed by atoms with E-state index in [4.69, 9.17) is 4.18 Å². The Bertz CT molecular complexity index is 495. The number of benzene rings is 1. The van der Waals surface area contributed by atoms with Gasteiger partial charge in [0.25, 0.3) is 10.1 Å². The zero-order chi connectivity index (χ0) is 13.2. The van der Waals surface area contributed by atoms with Crippen molar-refractivity contribution in [2.75, 3.05) is 0 Å². The molecule has 1 saturated carbocycles. The SMILES string of the molecule is Cc1ccc(S(=O)(=O)O[C@H]2CCCC[C@@H]2Br)cc1. The van der Waals surface area contributed by atoms with Crippen LogP contribution in [0.5, 0.6) is 0 Å². The largest absolute Gasteiger partial charge is 0.297 e. The molecule has 2 rings (SSSR count). The summed E-state index contributed by atoms with van der Waals surface area (Å²) in [5, 5.41) is 0. The maximum Gasteiger partial charge on any atom is 0.297 e. The zero-order valence-electron chi connectivity index (χ0n) is 10.3. The van der Waals surface area contributed by atoms with Crippen LogP contribution in [0.2, 0.25) is 0 Å². The summed E-state index contributed by atoms with van der Waals surface area (Å²) in [6, 6.07) is 6.75. The van der Waals surface area contributed by atoms with Crippen LogP contribution in [0.25, 0.3) is 0 Å². The lowest BCUT2D eigenvalue weighted by atomic mass is 9.98. The van der Waals surface area contributed by atoms with Gasteiger partial charge in [-0.1, -0.05) is 46.5 Å². The summed E-state index contributed by atoms with van der Waals surface area (Å²) in [5.74, 6) is 0. The van der Waals surface area contributed by atoms with E-state index in [1.807, 2.05) is 6.92 Å². The van der Waals surface area contributed by atoms with Crippen LogP contribution in [0.4, 0.5) is 0 Å². The summed E-state index contributed by atoms with van der Waals surface area (Å²) >= 11 is 3.50. The fourth-order valence-electron chi connectivity index (χ4n) is 2.08. The Morgan fingerprint density at radius 1 is 1.17 bits per heavy atom. The van der Waals surface area contributed by atoms with Crippen LogP contribution in [0.3, 0.4) is 0 Å². The molecular formula is C13H17BrO3S. The van der Waals surface area contributed by atoms with Crippen molar-refractivity contribution >= 4 is 26.0 Å². The van der Waals surface area contributed by atoms with Crippen molar-refractivity contribution in [2.24, 2.45) is 0 Å². The zero-order valence-corrected chi connectivity index (χ0v) is 12.7. The van der Waals surface area contributed by atoms with E-state index in [9.17, 15) is 8.42 Å². The van der Waals surface area contributed by atoms with Gasteiger partial charge in [-0.15, -0.1) is 0 Å². The average molecular weight is 333 g/mol. The first kappa shape index (κ1) is 14.0. The molecule has 2 atom stereocenters. The van der Waals surface area contributed by atoms with E-state index in [0.29, 0.717) is 0 Å². The summed E-state index contributed by atoms with van der Waals surface area (Å²) in [7, 11) is -3.64. The van der Waals surface area contributed by atoms with Crippen molar-refractivity contribution in [3.63, 3.8) is 0 Å². The second kappa shape index (κ2) is 5.72. The van der Waals surface area contributed by atoms with Crippen LogP contribution in [-0.4, -0.2) is 19.3 Å². The molecule has 0 N–H and O–H groups in total. The molecule has 18 heavy (non-hydrogen) atoms. The number of aryl methyl sites for hydroxylation is 1. The second-order valence-electron chi connectivity index (χ2n) is 4.70. The van der Waals surface area contributed by atoms with Gasteiger partial charge in [-0.3, -0.25) is 4.18 Å². The van der Waals surface area contributed by atoms with Crippen LogP contribution in [0.15, 0.2) is 29.2 Å². The van der Waals surface area contributed by atoms with Crippen LogP contribution < -0.4 is 0 Å². The molecule has 1 aromatic carbocycles. The van der Waals surface area contributed by atoms with Gasteiger partial charge in [-0.25, -0.2) is 0 Å². The number of rotatable bonds is 3. The van der Waals surface area contributed by atoms with Crippen molar-refractivity contribution in [1.82, 2.24) is 0 Å². The van der Waals surface area contributed by atoms with E-state index in [-0.39, 0.29) is 15.8 Å². The minimum absolute atomic E-state index is 0.131. The summed E-state index contributed by atoms with van der Waals surface area (Å²) in [4.78, 5) is 0.366. The lowest BCUT2D eigenvalue weighted by Crippen LogP contribution is -2.30. The second-order valence-corrected chi connectivity index (χ2v) is 7.45. The normalized spacial score (nSPS) is 25.0. The molecule has 0 aromatic heterocycles. The topological polar surface area (TPSA) is 43.4 Å². The predicted octanol–water partition coefficient (Wildman–Crippen LogP) is 3.41. The number of halogens is 1. The summed E-state index contributed by atoms with van der Waals surface area (Å²) in [5.41, 5.74) is 1.03. The van der Waals surface area contributed by atoms with Gasteiger partial charge in [-0.2, -0.15) is 8.42 Å². The number of hydrogen-bond donors (Lipinski definition) is 0. The third-order valence-electron chi connectivity index (χ3n) is 3.18. The van der Waals surface area contributed by atoms with E-state index in [1.54, 1.807) is 24.3 Å². The third kappa shape index (κ3) is 3.33. The highest BCUT2D eigenvalue weighted by molar-refractivity contribution is 9.09. The van der Waals surface area contributed by atoms with Gasteiger partial charge in [0.05, 0.1) is 11.0 Å². The minimum atomic E-state index is -3.64. The molecule has 100 valence electrons. The maximum atomic E-state index is 12.1. The van der Waals surface area contributed by atoms with Gasteiger partial charge in [-0.05, 0) is 31.9 Å². The van der Waals surface area contributed by atoms with Gasteiger partial charge < -0.3 is 0 Å². The molecule has 0 unspecified atom stereocenters. The highest BCUT2D eigenvalue weighted by Gasteiger charge is 2.29. The molecule has 0 radical (unpaired) electrons. The first-order valence-electron chi connectivity index (χ1n) is 6.13. The molecular weight excluding hydrogens is 316 g/mol. The summed E-state index contributed by atoms with van der Waals surface area (Å²) in [6.45, 7) is 1.92. The van der Waals surface area contributed by atoms with E-state index < -0.39 is 10.1 Å². The minimum Gasteiger partial charge on any atom is -0.262 e. The summed E-state index contributed by atoms with van der Waals surface area (Å²) < 4.78 is 29.6. The highest BCUT2D eigenvalue weighted by Crippen LogP contribution is 2.29. The van der Waals surface area contributed by atoms with E-state index in [2.05, 4.69) is 15.9 Å². The molecule has 0 saturated heterocycles. The number of hydrogen-bond acceptors (Lipinski definition) is 3. The van der Waals surface area contributed by atoms with Crippen LogP contribution in [0.1, 0.15) is 31.2 Å². The first-order valence-corrected chi connectivity index (χ1v) is 8.45. The molecule has 0 aliphatic heterocycles. The fraction of sp³-hybridized carbons (Fsp3) is 0.538. The average Bonchev–Trinajstić information content (AvgIpc) is 2.32. The van der Waals surface area contributed by atoms with E-state index >= 15 is 0 Å². The molecule has 1 aliphatic rings. The Morgan fingerprint density at radius 3 is 2.39 bits per heavy atom. The smallest absolute Gasteiger partial charge is 0.262 e. The Morgan fingerprint density at radius 2 is 1.78 bits per heavy atom. The Hall–Kier alpha value is -0.390. The first-order chi connectivity index (χ1) is 8.49. The van der Waals surface area contributed by atoms with Crippen molar-refractivity contribution in [3.8, 4) is 0 Å². The highest BCUT2D eigenvalue weighted by atomic mass is 79.9. The molecule has 3 nitrogen and oxygen atoms in total. The van der Waals surface area contributed by atoms with Crippen LogP contribution in [0, 0.1) is 6.92 Å². The fourth-order valence-corrected chi connectivity index (χ4v) is 4.06. The van der Waals surface area contributed by atoms with Crippen LogP contribution in [-0.2, 0) is 14.3 Å². The van der Waals surface area contributed by atoms with E-state index in [1.165, 1.54) is 0 Å². The molecule has 0 spiro atoms. The quantitative estimate of drug-likeness (QED) is 0.629. The van der Waals surface area contributed by atoms with Gasteiger partial charge in [0.1, 0.15) is 0 Å². The molecule has 0 amide bonds. The van der Waals surface area contributed by atoms with Gasteiger partial charge in [0.15, 0.2) is 0 Å². The molecule has 0 heterocycles. The van der Waals surface area contributed by atoms with Gasteiger partial charge in [0, 0.05) is 4.83 Å². The molecule has 0 bridgehead atoms. The van der Waals surface area contributed by atoms with Gasteiger partial charge >= 0.3 is 0 Å². The van der Waals surface area contributed by atoms with Gasteiger partial charge in [0.2, 0.25) is 0 Å². The lowest BCUT2D eigenvalue weighted by Gasteiger charge is -2.26. The van der Waals surface area contributed by atoms with Crippen molar-refractivity contribution in [2.45, 2.75) is 48.4 Å². The molecule has 5 heteroatoms. The van der Waals surface area contributed by atoms with Crippen molar-refractivity contribution in [3.05, 3.63) is 29.8 Å². The Kier molecular flexibility index (Phi) is 4.45. The lowest BCUT2D eigenvalue weighted by molar-refractivity contribution is 0.171. The Labute approximate surface area is 117 Å². The van der Waals surface area contributed by atoms with Crippen LogP contribution >= 0.6 is 15.9 Å². The molecule has 1 aromatic rings. The standard InChI is InChI=1S/C13H17BrO3S/c1-10-6-8-11(9-7-10)18(15,16)17-13-5-3-2-4-12(13)14/h6-9,12-13H,2-5H2,1H3/t12-,13-/m0/s1. The number of alkyl halides is 1. The van der Waals surface area contributed by atoms with E-state index in [0.717, 1.165) is 31.2 Å². The van der Waals surface area contributed by atoms with Crippen molar-refractivity contribution < 1.29 is 12.6 Å². The van der Waals surface area contributed by atoms with Crippen molar-refractivity contribution in [1.29, 1.82) is 0 Å².